The summed E-state index contributed by atoms with van der Waals surface area (Å²) in [5.74, 6) is 2.02. The zero-order valence-electron chi connectivity index (χ0n) is 10.1. The molecule has 0 spiro atoms. The number of benzene rings is 1. The summed E-state index contributed by atoms with van der Waals surface area (Å²) in [6.07, 6.45) is 2.60. The fraction of sp³-hybridized carbons (Fsp3) is 0.231. The molecule has 5 nitrogen and oxygen atoms in total. The van der Waals surface area contributed by atoms with Crippen molar-refractivity contribution < 1.29 is 4.42 Å². The van der Waals surface area contributed by atoms with Crippen LogP contribution in [-0.2, 0) is 13.0 Å². The van der Waals surface area contributed by atoms with Crippen LogP contribution in [0.3, 0.4) is 0 Å². The van der Waals surface area contributed by atoms with E-state index in [2.05, 4.69) is 9.97 Å². The third-order valence-corrected chi connectivity index (χ3v) is 2.93. The fourth-order valence-electron chi connectivity index (χ4n) is 1.98. The molecule has 0 unspecified atom stereocenters. The SMILES string of the molecule is CCc1cnc(Cn2c(N)nc3ccccc32)o1. The van der Waals surface area contributed by atoms with Crippen LogP contribution in [0.5, 0.6) is 0 Å². The lowest BCUT2D eigenvalue weighted by atomic mass is 10.3. The first-order valence-corrected chi connectivity index (χ1v) is 5.92. The molecule has 3 rings (SSSR count). The molecule has 0 fully saturated rings. The maximum Gasteiger partial charge on any atom is 0.214 e. The molecule has 0 aliphatic rings. The van der Waals surface area contributed by atoms with E-state index < -0.39 is 0 Å². The Bertz CT molecular complexity index is 683. The molecule has 3 aromatic rings. The normalized spacial score (nSPS) is 11.2. The van der Waals surface area contributed by atoms with Gasteiger partial charge in [0, 0.05) is 6.42 Å². The van der Waals surface area contributed by atoms with E-state index in [-0.39, 0.29) is 0 Å². The van der Waals surface area contributed by atoms with Crippen molar-refractivity contribution in [3.63, 3.8) is 0 Å². The lowest BCUT2D eigenvalue weighted by Gasteiger charge is -2.02. The summed E-state index contributed by atoms with van der Waals surface area (Å²) in [5, 5.41) is 0. The molecule has 0 radical (unpaired) electrons. The van der Waals surface area contributed by atoms with Gasteiger partial charge in [-0.1, -0.05) is 19.1 Å². The number of aryl methyl sites for hydroxylation is 1. The van der Waals surface area contributed by atoms with Gasteiger partial charge >= 0.3 is 0 Å². The van der Waals surface area contributed by atoms with Crippen LogP contribution < -0.4 is 5.73 Å². The Labute approximate surface area is 104 Å². The predicted octanol–water partition coefficient (Wildman–Crippen LogP) is 2.22. The topological polar surface area (TPSA) is 69.9 Å². The molecule has 0 saturated carbocycles. The van der Waals surface area contributed by atoms with Crippen molar-refractivity contribution in [2.75, 3.05) is 5.73 Å². The molecule has 5 heteroatoms. The number of aromatic nitrogens is 3. The number of rotatable bonds is 3. The molecule has 2 N–H and O–H groups in total. The lowest BCUT2D eigenvalue weighted by Crippen LogP contribution is -2.04. The Balaban J connectivity index is 2.01. The predicted molar refractivity (Wildman–Crippen MR) is 69.1 cm³/mol. The number of fused-ring (bicyclic) bond motifs is 1. The van der Waals surface area contributed by atoms with Crippen molar-refractivity contribution >= 4 is 17.0 Å². The smallest absolute Gasteiger partial charge is 0.214 e. The van der Waals surface area contributed by atoms with Gasteiger partial charge in [0.1, 0.15) is 12.3 Å². The number of nitrogens with zero attached hydrogens (tertiary/aromatic N) is 3. The van der Waals surface area contributed by atoms with Crippen LogP contribution in [0.1, 0.15) is 18.6 Å². The summed E-state index contributed by atoms with van der Waals surface area (Å²) in [6, 6.07) is 7.84. The Morgan fingerprint density at radius 1 is 1.33 bits per heavy atom. The van der Waals surface area contributed by atoms with Crippen molar-refractivity contribution in [2.24, 2.45) is 0 Å². The molecule has 0 atom stereocenters. The summed E-state index contributed by atoms with van der Waals surface area (Å²) in [4.78, 5) is 8.55. The number of anilines is 1. The first-order valence-electron chi connectivity index (χ1n) is 5.92. The van der Waals surface area contributed by atoms with Crippen LogP contribution in [0.25, 0.3) is 11.0 Å². The van der Waals surface area contributed by atoms with Crippen molar-refractivity contribution in [3.05, 3.63) is 42.1 Å². The Morgan fingerprint density at radius 2 is 2.17 bits per heavy atom. The minimum Gasteiger partial charge on any atom is -0.444 e. The highest BCUT2D eigenvalue weighted by Gasteiger charge is 2.10. The summed E-state index contributed by atoms with van der Waals surface area (Å²) in [6.45, 7) is 2.54. The van der Waals surface area contributed by atoms with E-state index >= 15 is 0 Å². The molecule has 0 amide bonds. The van der Waals surface area contributed by atoms with Gasteiger partial charge in [-0.05, 0) is 12.1 Å². The monoisotopic (exact) mass is 242 g/mol. The van der Waals surface area contributed by atoms with E-state index in [1.807, 2.05) is 35.8 Å². The standard InChI is InChI=1S/C13H14N4O/c1-2-9-7-15-12(18-9)8-17-11-6-4-3-5-10(11)16-13(17)14/h3-7H,2,8H2,1H3,(H2,14,16). The zero-order chi connectivity index (χ0) is 12.5. The maximum atomic E-state index is 5.92. The van der Waals surface area contributed by atoms with Crippen LogP contribution in [0, 0.1) is 0 Å². The Kier molecular flexibility index (Phi) is 2.51. The van der Waals surface area contributed by atoms with Crippen LogP contribution in [0.15, 0.2) is 34.9 Å². The third-order valence-electron chi connectivity index (χ3n) is 2.93. The second kappa shape index (κ2) is 4.18. The van der Waals surface area contributed by atoms with E-state index in [0.29, 0.717) is 18.4 Å². The number of para-hydroxylation sites is 2. The number of oxazole rings is 1. The van der Waals surface area contributed by atoms with Crippen molar-refractivity contribution in [3.8, 4) is 0 Å². The van der Waals surface area contributed by atoms with Crippen molar-refractivity contribution in [1.82, 2.24) is 14.5 Å². The van der Waals surface area contributed by atoms with Gasteiger partial charge in [0.15, 0.2) is 0 Å². The molecule has 0 aliphatic heterocycles. The largest absolute Gasteiger partial charge is 0.444 e. The van der Waals surface area contributed by atoms with Gasteiger partial charge in [0.25, 0.3) is 0 Å². The minimum absolute atomic E-state index is 0.479. The van der Waals surface area contributed by atoms with Gasteiger partial charge in [0.2, 0.25) is 11.8 Å². The van der Waals surface area contributed by atoms with Gasteiger partial charge < -0.3 is 14.7 Å². The van der Waals surface area contributed by atoms with Crippen LogP contribution in [0.2, 0.25) is 0 Å². The molecule has 1 aromatic carbocycles. The number of hydrogen-bond donors (Lipinski definition) is 1. The average Bonchev–Trinajstić information content (AvgIpc) is 2.96. The van der Waals surface area contributed by atoms with E-state index in [0.717, 1.165) is 23.2 Å². The van der Waals surface area contributed by atoms with E-state index in [1.165, 1.54) is 0 Å². The molecule has 0 aliphatic carbocycles. The minimum atomic E-state index is 0.479. The summed E-state index contributed by atoms with van der Waals surface area (Å²) in [7, 11) is 0. The number of nitrogen functional groups attached to an aromatic ring is 1. The molecule has 2 heterocycles. The van der Waals surface area contributed by atoms with Gasteiger partial charge in [0.05, 0.1) is 17.2 Å². The molecular formula is C13H14N4O. The first kappa shape index (κ1) is 10.8. The second-order valence-corrected chi connectivity index (χ2v) is 4.12. The van der Waals surface area contributed by atoms with Crippen LogP contribution in [0.4, 0.5) is 5.95 Å². The van der Waals surface area contributed by atoms with Crippen molar-refractivity contribution in [1.29, 1.82) is 0 Å². The fourth-order valence-corrected chi connectivity index (χ4v) is 1.98. The van der Waals surface area contributed by atoms with Gasteiger partial charge in [-0.3, -0.25) is 0 Å². The van der Waals surface area contributed by atoms with E-state index in [9.17, 15) is 0 Å². The van der Waals surface area contributed by atoms with Gasteiger partial charge in [-0.2, -0.15) is 0 Å². The van der Waals surface area contributed by atoms with Crippen LogP contribution in [-0.4, -0.2) is 14.5 Å². The zero-order valence-corrected chi connectivity index (χ0v) is 10.1. The summed E-state index contributed by atoms with van der Waals surface area (Å²) >= 11 is 0. The quantitative estimate of drug-likeness (QED) is 0.764. The Hall–Kier alpha value is -2.30. The average molecular weight is 242 g/mol. The Morgan fingerprint density at radius 3 is 2.94 bits per heavy atom. The third kappa shape index (κ3) is 1.73. The molecule has 18 heavy (non-hydrogen) atoms. The van der Waals surface area contributed by atoms with Gasteiger partial charge in [-0.15, -0.1) is 0 Å². The molecular weight excluding hydrogens is 228 g/mol. The van der Waals surface area contributed by atoms with E-state index in [1.54, 1.807) is 6.20 Å². The summed E-state index contributed by atoms with van der Waals surface area (Å²) < 4.78 is 7.50. The maximum absolute atomic E-state index is 5.92. The van der Waals surface area contributed by atoms with E-state index in [4.69, 9.17) is 10.2 Å². The highest BCUT2D eigenvalue weighted by atomic mass is 16.4. The molecule has 0 bridgehead atoms. The number of hydrogen-bond acceptors (Lipinski definition) is 4. The first-order chi connectivity index (χ1) is 8.78. The highest BCUT2D eigenvalue weighted by Crippen LogP contribution is 2.19. The number of imidazole rings is 1. The van der Waals surface area contributed by atoms with Gasteiger partial charge in [-0.25, -0.2) is 9.97 Å². The molecule has 92 valence electrons. The number of nitrogens with two attached hydrogens (primary N) is 1. The highest BCUT2D eigenvalue weighted by molar-refractivity contribution is 5.78. The second-order valence-electron chi connectivity index (χ2n) is 4.12. The van der Waals surface area contributed by atoms with Crippen molar-refractivity contribution in [2.45, 2.75) is 19.9 Å². The lowest BCUT2D eigenvalue weighted by molar-refractivity contribution is 0.449. The van der Waals surface area contributed by atoms with Crippen LogP contribution >= 0.6 is 0 Å². The molecule has 0 saturated heterocycles. The summed E-state index contributed by atoms with van der Waals surface area (Å²) in [5.41, 5.74) is 7.80. The molecule has 2 aromatic heterocycles.